The molecule has 0 amide bonds. The number of carbonyl (C=O) groups excluding carboxylic acids is 1. The van der Waals surface area contributed by atoms with Crippen LogP contribution in [0.1, 0.15) is 24.3 Å². The van der Waals surface area contributed by atoms with Crippen LogP contribution in [0.3, 0.4) is 0 Å². The number of hydrogen-bond donors (Lipinski definition) is 1. The van der Waals surface area contributed by atoms with Crippen LogP contribution in [0, 0.1) is 5.82 Å². The van der Waals surface area contributed by atoms with Crippen molar-refractivity contribution in [1.29, 1.82) is 0 Å². The Morgan fingerprint density at radius 1 is 1.08 bits per heavy atom. The van der Waals surface area contributed by atoms with E-state index >= 15 is 0 Å². The Kier molecular flexibility index (Phi) is 8.19. The first-order chi connectivity index (χ1) is 11.5. The van der Waals surface area contributed by atoms with Crippen molar-refractivity contribution in [3.05, 3.63) is 64.5 Å². The van der Waals surface area contributed by atoms with Gasteiger partial charge in [0.2, 0.25) is 0 Å². The van der Waals surface area contributed by atoms with E-state index in [2.05, 4.69) is 37.9 Å². The molecule has 128 valence electrons. The van der Waals surface area contributed by atoms with E-state index in [1.165, 1.54) is 11.8 Å². The van der Waals surface area contributed by atoms with Gasteiger partial charge in [0.05, 0.1) is 10.2 Å². The minimum atomic E-state index is -0.341. The Bertz CT molecular complexity index is 731. The number of nitrogens with one attached hydrogen (secondary N) is 1. The van der Waals surface area contributed by atoms with Gasteiger partial charge >= 0.3 is 0 Å². The first kappa shape index (κ1) is 19.9. The number of carbonyl (C=O) groups is 1. The van der Waals surface area contributed by atoms with Gasteiger partial charge in [-0.05, 0) is 46.3 Å². The SMILES string of the molecule is CC.CN(C)c1ccccc1.O=Cc1cc2cc(Br)c(F)cc2[nH]1. The van der Waals surface area contributed by atoms with Gasteiger partial charge in [-0.1, -0.05) is 32.0 Å². The van der Waals surface area contributed by atoms with Crippen molar-refractivity contribution in [3.8, 4) is 0 Å². The van der Waals surface area contributed by atoms with Gasteiger partial charge in [0.15, 0.2) is 6.29 Å². The number of nitrogens with zero attached hydrogens (tertiary/aromatic N) is 1. The fraction of sp³-hybridized carbons (Fsp3) is 0.211. The standard InChI is InChI=1S/C9H5BrFNO.C8H11N.C2H6/c10-7-2-5-1-6(4-13)12-9(5)3-8(7)11;1-9(2)8-6-4-3-5-7-8;1-2/h1-4,12H;3-7H,1-2H3;1-2H3. The van der Waals surface area contributed by atoms with Gasteiger partial charge in [0.25, 0.3) is 0 Å². The fourth-order valence-electron chi connectivity index (χ4n) is 1.94. The lowest BCUT2D eigenvalue weighted by molar-refractivity contribution is 0.112. The third kappa shape index (κ3) is 5.49. The number of anilines is 1. The van der Waals surface area contributed by atoms with Gasteiger partial charge in [0, 0.05) is 30.7 Å². The summed E-state index contributed by atoms with van der Waals surface area (Å²) in [5, 5.41) is 0.815. The molecular formula is C19H22BrFN2O. The zero-order valence-electron chi connectivity index (χ0n) is 14.3. The summed E-state index contributed by atoms with van der Waals surface area (Å²) in [6.07, 6.45) is 0.700. The number of aldehydes is 1. The second-order valence-electron chi connectivity index (χ2n) is 4.93. The number of aromatic nitrogens is 1. The molecule has 0 unspecified atom stereocenters. The number of halogens is 2. The summed E-state index contributed by atoms with van der Waals surface area (Å²) in [5.41, 5.74) is 2.33. The summed E-state index contributed by atoms with van der Waals surface area (Å²) in [7, 11) is 4.07. The first-order valence-corrected chi connectivity index (χ1v) is 8.46. The molecule has 5 heteroatoms. The molecule has 24 heavy (non-hydrogen) atoms. The number of benzene rings is 2. The van der Waals surface area contributed by atoms with Crippen LogP contribution in [0.4, 0.5) is 10.1 Å². The van der Waals surface area contributed by atoms with Crippen LogP contribution in [0.2, 0.25) is 0 Å². The summed E-state index contributed by atoms with van der Waals surface area (Å²) in [6, 6.07) is 14.9. The van der Waals surface area contributed by atoms with E-state index in [1.54, 1.807) is 12.1 Å². The van der Waals surface area contributed by atoms with Crippen LogP contribution < -0.4 is 4.90 Å². The Labute approximate surface area is 150 Å². The molecule has 0 aliphatic rings. The van der Waals surface area contributed by atoms with Crippen LogP contribution >= 0.6 is 15.9 Å². The minimum Gasteiger partial charge on any atom is -0.378 e. The van der Waals surface area contributed by atoms with Crippen molar-refractivity contribution >= 4 is 38.8 Å². The number of fused-ring (bicyclic) bond motifs is 1. The lowest BCUT2D eigenvalue weighted by Crippen LogP contribution is -2.07. The average Bonchev–Trinajstić information content (AvgIpc) is 3.00. The zero-order chi connectivity index (χ0) is 18.1. The molecule has 0 fully saturated rings. The number of H-pyrrole nitrogens is 1. The molecule has 1 N–H and O–H groups in total. The molecule has 1 aromatic heterocycles. The van der Waals surface area contributed by atoms with Gasteiger partial charge in [-0.3, -0.25) is 4.79 Å². The summed E-state index contributed by atoms with van der Waals surface area (Å²) in [4.78, 5) is 15.3. The second-order valence-corrected chi connectivity index (χ2v) is 5.78. The maximum atomic E-state index is 13.0. The fourth-order valence-corrected chi connectivity index (χ4v) is 2.30. The lowest BCUT2D eigenvalue weighted by atomic mass is 10.2. The minimum absolute atomic E-state index is 0.341. The summed E-state index contributed by atoms with van der Waals surface area (Å²) in [6.45, 7) is 4.00. The molecule has 0 aliphatic heterocycles. The van der Waals surface area contributed by atoms with Gasteiger partial charge in [-0.2, -0.15) is 0 Å². The highest BCUT2D eigenvalue weighted by Crippen LogP contribution is 2.23. The number of para-hydroxylation sites is 1. The molecule has 0 spiro atoms. The van der Waals surface area contributed by atoms with E-state index < -0.39 is 0 Å². The molecule has 1 heterocycles. The van der Waals surface area contributed by atoms with E-state index in [-0.39, 0.29) is 5.82 Å². The topological polar surface area (TPSA) is 36.1 Å². The van der Waals surface area contributed by atoms with Crippen LogP contribution in [0.15, 0.2) is 53.0 Å². The van der Waals surface area contributed by atoms with Crippen molar-refractivity contribution in [3.63, 3.8) is 0 Å². The Hall–Kier alpha value is -2.14. The third-order valence-corrected chi connectivity index (χ3v) is 3.69. The third-order valence-electron chi connectivity index (χ3n) is 3.08. The molecule has 0 atom stereocenters. The molecule has 3 rings (SSSR count). The first-order valence-electron chi connectivity index (χ1n) is 7.66. The lowest BCUT2D eigenvalue weighted by Gasteiger charge is -2.10. The maximum Gasteiger partial charge on any atom is 0.166 e. The summed E-state index contributed by atoms with van der Waals surface area (Å²) in [5.74, 6) is -0.341. The molecule has 2 aromatic carbocycles. The Balaban J connectivity index is 0.000000230. The van der Waals surface area contributed by atoms with E-state index in [0.717, 1.165) is 5.39 Å². The van der Waals surface area contributed by atoms with Crippen molar-refractivity contribution < 1.29 is 9.18 Å². The quantitative estimate of drug-likeness (QED) is 0.571. The molecule has 0 bridgehead atoms. The summed E-state index contributed by atoms with van der Waals surface area (Å²) >= 11 is 3.07. The molecule has 0 saturated carbocycles. The van der Waals surface area contributed by atoms with Gasteiger partial charge in [-0.15, -0.1) is 0 Å². The van der Waals surface area contributed by atoms with Crippen molar-refractivity contribution in [1.82, 2.24) is 4.98 Å². The molecule has 3 nitrogen and oxygen atoms in total. The Morgan fingerprint density at radius 3 is 2.21 bits per heavy atom. The van der Waals surface area contributed by atoms with E-state index in [9.17, 15) is 9.18 Å². The highest BCUT2D eigenvalue weighted by molar-refractivity contribution is 9.10. The smallest absolute Gasteiger partial charge is 0.166 e. The molecule has 0 radical (unpaired) electrons. The van der Waals surface area contributed by atoms with E-state index in [4.69, 9.17) is 0 Å². The molecule has 0 saturated heterocycles. The number of rotatable bonds is 2. The largest absolute Gasteiger partial charge is 0.378 e. The number of hydrogen-bond acceptors (Lipinski definition) is 2. The van der Waals surface area contributed by atoms with Crippen molar-refractivity contribution in [2.75, 3.05) is 19.0 Å². The van der Waals surface area contributed by atoms with Crippen LogP contribution in [-0.4, -0.2) is 25.4 Å². The molecule has 3 aromatic rings. The number of aromatic amines is 1. The van der Waals surface area contributed by atoms with Crippen molar-refractivity contribution in [2.24, 2.45) is 0 Å². The van der Waals surface area contributed by atoms with Crippen LogP contribution in [0.5, 0.6) is 0 Å². The van der Waals surface area contributed by atoms with Gasteiger partial charge in [-0.25, -0.2) is 4.39 Å². The second kappa shape index (κ2) is 9.88. The van der Waals surface area contributed by atoms with E-state index in [0.29, 0.717) is 22.0 Å². The average molecular weight is 393 g/mol. The van der Waals surface area contributed by atoms with Crippen LogP contribution in [-0.2, 0) is 0 Å². The van der Waals surface area contributed by atoms with Crippen LogP contribution in [0.25, 0.3) is 10.9 Å². The monoisotopic (exact) mass is 392 g/mol. The predicted octanol–water partition coefficient (Wildman–Crippen LogP) is 5.66. The predicted molar refractivity (Wildman–Crippen MR) is 103 cm³/mol. The Morgan fingerprint density at radius 2 is 1.71 bits per heavy atom. The van der Waals surface area contributed by atoms with Gasteiger partial charge in [0.1, 0.15) is 5.82 Å². The highest BCUT2D eigenvalue weighted by Gasteiger charge is 2.04. The van der Waals surface area contributed by atoms with Gasteiger partial charge < -0.3 is 9.88 Å². The van der Waals surface area contributed by atoms with E-state index in [1.807, 2.05) is 46.1 Å². The summed E-state index contributed by atoms with van der Waals surface area (Å²) < 4.78 is 13.4. The zero-order valence-corrected chi connectivity index (χ0v) is 15.9. The molecule has 0 aliphatic carbocycles. The normalized spacial score (nSPS) is 9.42. The maximum absolute atomic E-state index is 13.0. The highest BCUT2D eigenvalue weighted by atomic mass is 79.9. The molecular weight excluding hydrogens is 371 g/mol. The van der Waals surface area contributed by atoms with Crippen molar-refractivity contribution in [2.45, 2.75) is 13.8 Å².